The normalized spacial score (nSPS) is 15.5. The molecule has 50 heavy (non-hydrogen) atoms. The highest BCUT2D eigenvalue weighted by molar-refractivity contribution is 5.92. The van der Waals surface area contributed by atoms with Crippen LogP contribution in [0.25, 0.3) is 0 Å². The number of likely N-dealkylation sites (tertiary alicyclic amines) is 1. The number of ether oxygens (including phenoxy) is 2. The average Bonchev–Trinajstić information content (AvgIpc) is 3.08. The molecule has 0 aliphatic carbocycles. The number of anilines is 5. The minimum absolute atomic E-state index is 0.374. The van der Waals surface area contributed by atoms with E-state index in [0.29, 0.717) is 43.8 Å². The van der Waals surface area contributed by atoms with Crippen molar-refractivity contribution < 1.29 is 19.1 Å². The van der Waals surface area contributed by atoms with Gasteiger partial charge in [-0.2, -0.15) is 0 Å². The zero-order chi connectivity index (χ0) is 36.3. The zero-order valence-electron chi connectivity index (χ0n) is 31.3. The van der Waals surface area contributed by atoms with Crippen LogP contribution >= 0.6 is 0 Å². The molecule has 12 heteroatoms. The van der Waals surface area contributed by atoms with Gasteiger partial charge in [-0.25, -0.2) is 19.7 Å². The fraction of sp³-hybridized carbons (Fsp3) is 0.553. The lowest BCUT2D eigenvalue weighted by Gasteiger charge is -2.35. The fourth-order valence-corrected chi connectivity index (χ4v) is 6.11. The van der Waals surface area contributed by atoms with Gasteiger partial charge < -0.3 is 29.8 Å². The third-order valence-corrected chi connectivity index (χ3v) is 8.50. The van der Waals surface area contributed by atoms with E-state index in [2.05, 4.69) is 57.2 Å². The molecule has 1 fully saturated rings. The van der Waals surface area contributed by atoms with Crippen molar-refractivity contribution in [1.82, 2.24) is 19.9 Å². The smallest absolute Gasteiger partial charge is 0.415 e. The molecule has 1 aromatic carbocycles. The van der Waals surface area contributed by atoms with Gasteiger partial charge in [0.2, 0.25) is 11.8 Å². The van der Waals surface area contributed by atoms with E-state index in [-0.39, 0.29) is 0 Å². The lowest BCUT2D eigenvalue weighted by molar-refractivity contribution is -0.109. The van der Waals surface area contributed by atoms with Crippen molar-refractivity contribution in [3.05, 3.63) is 53.0 Å². The molecule has 3 aliphatic rings. The van der Waals surface area contributed by atoms with Gasteiger partial charge in [-0.15, -0.1) is 0 Å². The van der Waals surface area contributed by atoms with Gasteiger partial charge in [0.15, 0.2) is 0 Å². The Bertz CT molecular complexity index is 1590. The Balaban J connectivity index is 0.000000399. The summed E-state index contributed by atoms with van der Waals surface area (Å²) < 4.78 is 11.5. The second-order valence-electron chi connectivity index (χ2n) is 13.9. The number of hydrogen-bond acceptors (Lipinski definition) is 11. The first-order chi connectivity index (χ1) is 24.0. The van der Waals surface area contributed by atoms with Gasteiger partial charge in [0, 0.05) is 36.7 Å². The molecular weight excluding hydrogens is 632 g/mol. The zero-order valence-corrected chi connectivity index (χ0v) is 31.3. The van der Waals surface area contributed by atoms with Crippen LogP contribution < -0.4 is 25.2 Å². The largest absolute Gasteiger partial charge is 0.474 e. The Hall–Kier alpha value is -4.45. The van der Waals surface area contributed by atoms with Crippen molar-refractivity contribution in [2.75, 3.05) is 66.8 Å². The number of nitrogens with one attached hydrogen (secondary N) is 2. The molecule has 272 valence electrons. The number of piperidine rings is 1. The minimum Gasteiger partial charge on any atom is -0.474 e. The maximum absolute atomic E-state index is 13.0. The third-order valence-electron chi connectivity index (χ3n) is 8.50. The number of aldehydes is 1. The number of nitrogens with zero attached hydrogens (tertiary/aromatic N) is 6. The molecule has 0 radical (unpaired) electrons. The van der Waals surface area contributed by atoms with Gasteiger partial charge in [-0.1, -0.05) is 26.7 Å². The summed E-state index contributed by atoms with van der Waals surface area (Å²) in [6.45, 7) is 19.0. The number of rotatable bonds is 6. The lowest BCUT2D eigenvalue weighted by atomic mass is 10.0. The van der Waals surface area contributed by atoms with E-state index in [9.17, 15) is 9.59 Å². The summed E-state index contributed by atoms with van der Waals surface area (Å²) in [4.78, 5) is 43.1. The Kier molecular flexibility index (Phi) is 13.8. The Morgan fingerprint density at radius 2 is 1.78 bits per heavy atom. The first kappa shape index (κ1) is 38.4. The number of hydrogen-bond donors (Lipinski definition) is 2. The third kappa shape index (κ3) is 10.3. The quantitative estimate of drug-likeness (QED) is 0.259. The van der Waals surface area contributed by atoms with E-state index in [1.165, 1.54) is 25.7 Å². The number of aromatic nitrogens is 3. The summed E-state index contributed by atoms with van der Waals surface area (Å²) in [5.74, 6) is 1.01. The van der Waals surface area contributed by atoms with Crippen molar-refractivity contribution in [3.63, 3.8) is 0 Å². The highest BCUT2D eigenvalue weighted by Crippen LogP contribution is 2.40. The monoisotopic (exact) mass is 688 g/mol. The predicted molar refractivity (Wildman–Crippen MR) is 201 cm³/mol. The van der Waals surface area contributed by atoms with Crippen LogP contribution in [0, 0.1) is 13.8 Å². The summed E-state index contributed by atoms with van der Waals surface area (Å²) in [7, 11) is 1.91. The van der Waals surface area contributed by atoms with Crippen LogP contribution in [-0.4, -0.2) is 84.2 Å². The molecule has 0 spiro atoms. The lowest BCUT2D eigenvalue weighted by Crippen LogP contribution is -2.42. The van der Waals surface area contributed by atoms with Gasteiger partial charge in [0.05, 0.1) is 37.2 Å². The molecule has 0 unspecified atom stereocenters. The fourth-order valence-electron chi connectivity index (χ4n) is 6.11. The molecule has 3 aliphatic heterocycles. The molecule has 2 N–H and O–H groups in total. The van der Waals surface area contributed by atoms with Gasteiger partial charge in [0.25, 0.3) is 0 Å². The number of carbonyl (C=O) groups excluding carboxylic acids is 2. The Labute approximate surface area is 298 Å². The Morgan fingerprint density at radius 1 is 1.04 bits per heavy atom. The molecule has 12 nitrogen and oxygen atoms in total. The number of amides is 1. The predicted octanol–water partition coefficient (Wildman–Crippen LogP) is 7.06. The first-order valence-corrected chi connectivity index (χ1v) is 17.9. The van der Waals surface area contributed by atoms with Gasteiger partial charge in [-0.3, -0.25) is 9.80 Å². The van der Waals surface area contributed by atoms with Crippen LogP contribution in [0.3, 0.4) is 0 Å². The number of benzene rings is 1. The summed E-state index contributed by atoms with van der Waals surface area (Å²) in [6, 6.07) is 6.12. The number of fused-ring (bicyclic) bond motifs is 2. The van der Waals surface area contributed by atoms with E-state index in [1.54, 1.807) is 4.90 Å². The molecule has 1 saturated heterocycles. The Morgan fingerprint density at radius 3 is 2.44 bits per heavy atom. The second-order valence-corrected chi connectivity index (χ2v) is 13.9. The maximum atomic E-state index is 13.0. The van der Waals surface area contributed by atoms with Crippen molar-refractivity contribution >= 4 is 41.1 Å². The highest BCUT2D eigenvalue weighted by atomic mass is 16.6. The standard InChI is InChI=1S/C28H35N7O3.C7H13NO.C3H8/c1-17-13-20(7-8-21(17)29-6)32-26-31-14-19-9-10-34(16-22(19)33-26)23-15-30-25-24(18(23)2)35(11-12-37-25)27(36)38-28(3,4)5;9-7-6-8-4-2-1-3-5-8;1-3-2/h7-8,13-15,29H,9-12,16H2,1-6H3,(H,31,32,33);7H,1-6H2;3H2,1-2H3. The van der Waals surface area contributed by atoms with Crippen LogP contribution in [0.15, 0.2) is 30.6 Å². The van der Waals surface area contributed by atoms with Gasteiger partial charge in [-0.05, 0) is 96.3 Å². The van der Waals surface area contributed by atoms with Crippen molar-refractivity contribution in [3.8, 4) is 5.88 Å². The molecule has 6 rings (SSSR count). The van der Waals surface area contributed by atoms with Crippen LogP contribution in [0.1, 0.15) is 82.7 Å². The van der Waals surface area contributed by atoms with Crippen molar-refractivity contribution in [2.45, 2.75) is 92.7 Å². The minimum atomic E-state index is -0.593. The number of pyridine rings is 1. The molecule has 1 amide bonds. The van der Waals surface area contributed by atoms with E-state index in [1.807, 2.05) is 59.3 Å². The number of aryl methyl sites for hydroxylation is 1. The summed E-state index contributed by atoms with van der Waals surface area (Å²) in [5.41, 5.74) is 7.21. The molecular formula is C38H56N8O4. The van der Waals surface area contributed by atoms with Gasteiger partial charge >= 0.3 is 6.09 Å². The molecule has 3 aromatic rings. The van der Waals surface area contributed by atoms with E-state index < -0.39 is 11.7 Å². The van der Waals surface area contributed by atoms with Crippen molar-refractivity contribution in [1.29, 1.82) is 0 Å². The second kappa shape index (κ2) is 18.0. The molecule has 2 aromatic heterocycles. The molecule has 0 bridgehead atoms. The molecule has 0 saturated carbocycles. The van der Waals surface area contributed by atoms with Crippen LogP contribution in [0.2, 0.25) is 0 Å². The SMILES string of the molecule is CCC.CNc1ccc(Nc2ncc3c(n2)CN(c2cnc4c(c2C)N(C(=O)OC(C)(C)C)CCO4)CC3)cc1C.O=CCN1CCCCC1. The van der Waals surface area contributed by atoms with Crippen molar-refractivity contribution in [2.24, 2.45) is 0 Å². The van der Waals surface area contributed by atoms with E-state index >= 15 is 0 Å². The van der Waals surface area contributed by atoms with E-state index in [0.717, 1.165) is 71.8 Å². The van der Waals surface area contributed by atoms with Crippen LogP contribution in [0.5, 0.6) is 5.88 Å². The maximum Gasteiger partial charge on any atom is 0.415 e. The van der Waals surface area contributed by atoms with E-state index in [4.69, 9.17) is 14.5 Å². The van der Waals surface area contributed by atoms with Gasteiger partial charge in [0.1, 0.15) is 24.2 Å². The van der Waals surface area contributed by atoms with Crippen LogP contribution in [0.4, 0.5) is 33.5 Å². The first-order valence-electron chi connectivity index (χ1n) is 17.9. The highest BCUT2D eigenvalue weighted by Gasteiger charge is 2.32. The summed E-state index contributed by atoms with van der Waals surface area (Å²) in [5, 5.41) is 6.52. The number of carbonyl (C=O) groups is 2. The van der Waals surface area contributed by atoms with Crippen LogP contribution in [-0.2, 0) is 22.5 Å². The molecule has 5 heterocycles. The topological polar surface area (TPSA) is 125 Å². The average molecular weight is 689 g/mol. The molecule has 0 atom stereocenters. The summed E-state index contributed by atoms with van der Waals surface area (Å²) >= 11 is 0. The summed E-state index contributed by atoms with van der Waals surface area (Å²) in [6.07, 6.45) is 10.3.